The Kier molecular flexibility index (Phi) is 7.86. The Balaban J connectivity index is 1.35. The maximum atomic E-state index is 2.40. The van der Waals surface area contributed by atoms with E-state index in [0.717, 1.165) is 5.69 Å². The molecule has 48 heavy (non-hydrogen) atoms. The van der Waals surface area contributed by atoms with Crippen LogP contribution in [0.15, 0.2) is 182 Å². The summed E-state index contributed by atoms with van der Waals surface area (Å²) in [6, 6.07) is 65.3. The summed E-state index contributed by atoms with van der Waals surface area (Å²) in [5, 5.41) is 2.46. The van der Waals surface area contributed by atoms with Crippen LogP contribution in [0.25, 0.3) is 50.8 Å². The van der Waals surface area contributed by atoms with E-state index in [9.17, 15) is 0 Å². The number of hydrogen-bond donors (Lipinski definition) is 0. The zero-order chi connectivity index (χ0) is 32.3. The molecule has 1 heteroatoms. The second-order valence-corrected chi connectivity index (χ2v) is 12.3. The van der Waals surface area contributed by atoms with Crippen molar-refractivity contribution in [3.8, 4) is 5.69 Å². The van der Waals surface area contributed by atoms with E-state index in [1.807, 2.05) is 0 Å². The van der Waals surface area contributed by atoms with E-state index in [1.54, 1.807) is 0 Å². The first-order chi connectivity index (χ1) is 23.7. The Bertz CT molecular complexity index is 2160. The molecule has 0 saturated carbocycles. The summed E-state index contributed by atoms with van der Waals surface area (Å²) >= 11 is 0. The average molecular weight is 614 g/mol. The lowest BCUT2D eigenvalue weighted by Crippen LogP contribution is -1.94. The molecule has 0 aliphatic heterocycles. The van der Waals surface area contributed by atoms with Crippen molar-refractivity contribution < 1.29 is 0 Å². The van der Waals surface area contributed by atoms with Gasteiger partial charge in [-0.15, -0.1) is 0 Å². The molecule has 0 saturated heterocycles. The number of hydrogen-bond acceptors (Lipinski definition) is 0. The molecule has 228 valence electrons. The van der Waals surface area contributed by atoms with Gasteiger partial charge in [-0.2, -0.15) is 0 Å². The Hall–Kier alpha value is -6.18. The van der Waals surface area contributed by atoms with E-state index in [4.69, 9.17) is 0 Å². The molecule has 0 spiro atoms. The molecule has 8 rings (SSSR count). The van der Waals surface area contributed by atoms with Gasteiger partial charge in [-0.3, -0.25) is 0 Å². The average Bonchev–Trinajstić information content (AvgIpc) is 3.47. The van der Waals surface area contributed by atoms with Crippen molar-refractivity contribution in [2.45, 2.75) is 6.92 Å². The highest BCUT2D eigenvalue weighted by Gasteiger charge is 2.15. The fourth-order valence-electron chi connectivity index (χ4n) is 6.68. The fourth-order valence-corrected chi connectivity index (χ4v) is 6.68. The van der Waals surface area contributed by atoms with Gasteiger partial charge in [0.1, 0.15) is 0 Å². The van der Waals surface area contributed by atoms with Crippen molar-refractivity contribution in [1.82, 2.24) is 4.57 Å². The predicted molar refractivity (Wildman–Crippen MR) is 205 cm³/mol. The maximum absolute atomic E-state index is 2.40. The van der Waals surface area contributed by atoms with Gasteiger partial charge < -0.3 is 4.57 Å². The number of nitrogens with zero attached hydrogens (tertiary/aromatic N) is 1. The number of rotatable bonds is 7. The molecule has 0 unspecified atom stereocenters. The smallest absolute Gasteiger partial charge is 0.0541 e. The topological polar surface area (TPSA) is 4.93 Å². The number of benzene rings is 7. The Morgan fingerprint density at radius 3 is 1.10 bits per heavy atom. The van der Waals surface area contributed by atoms with Gasteiger partial charge in [-0.1, -0.05) is 151 Å². The highest BCUT2D eigenvalue weighted by molar-refractivity contribution is 6.11. The number of aryl methyl sites for hydroxylation is 1. The van der Waals surface area contributed by atoms with E-state index < -0.39 is 0 Å². The second kappa shape index (κ2) is 12.9. The molecule has 0 aliphatic carbocycles. The van der Waals surface area contributed by atoms with Gasteiger partial charge in [0, 0.05) is 16.5 Å². The van der Waals surface area contributed by atoms with E-state index in [0.29, 0.717) is 0 Å². The standard InChI is InChI=1S/C47H35N/c1-34-22-26-41(27-23-34)48-46-28-24-35(30-42(37-14-6-2-7-15-37)38-16-8-3-9-17-38)32-44(46)45-33-36(25-29-47(45)48)31-43(39-18-10-4-11-19-39)40-20-12-5-13-21-40/h2-33H,1H3. The Morgan fingerprint density at radius 1 is 0.396 bits per heavy atom. The minimum Gasteiger partial charge on any atom is -0.309 e. The molecule has 0 fully saturated rings. The normalized spacial score (nSPS) is 11.0. The van der Waals surface area contributed by atoms with Crippen LogP contribution in [0.3, 0.4) is 0 Å². The molecular formula is C47H35N. The van der Waals surface area contributed by atoms with Gasteiger partial charge in [0.25, 0.3) is 0 Å². The molecule has 0 bridgehead atoms. The van der Waals surface area contributed by atoms with Crippen LogP contribution in [0.2, 0.25) is 0 Å². The molecular weight excluding hydrogens is 579 g/mol. The first kappa shape index (κ1) is 29.2. The third kappa shape index (κ3) is 5.79. The fraction of sp³-hybridized carbons (Fsp3) is 0.0213. The zero-order valence-corrected chi connectivity index (χ0v) is 26.9. The molecule has 0 N–H and O–H groups in total. The summed E-state index contributed by atoms with van der Waals surface area (Å²) in [5.74, 6) is 0. The third-order valence-electron chi connectivity index (χ3n) is 9.07. The van der Waals surface area contributed by atoms with Gasteiger partial charge in [0.2, 0.25) is 0 Å². The van der Waals surface area contributed by atoms with Crippen LogP contribution < -0.4 is 0 Å². The zero-order valence-electron chi connectivity index (χ0n) is 26.9. The van der Waals surface area contributed by atoms with Gasteiger partial charge in [0.05, 0.1) is 11.0 Å². The first-order valence-electron chi connectivity index (χ1n) is 16.5. The van der Waals surface area contributed by atoms with Crippen molar-refractivity contribution >= 4 is 45.1 Å². The Morgan fingerprint density at radius 2 is 0.750 bits per heavy atom. The lowest BCUT2D eigenvalue weighted by Gasteiger charge is -2.10. The number of aromatic nitrogens is 1. The Labute approximate surface area is 282 Å². The molecule has 0 aliphatic rings. The van der Waals surface area contributed by atoms with Gasteiger partial charge in [0.15, 0.2) is 0 Å². The van der Waals surface area contributed by atoms with Gasteiger partial charge in [-0.05, 0) is 100 Å². The van der Waals surface area contributed by atoms with Crippen molar-refractivity contribution in [2.24, 2.45) is 0 Å². The van der Waals surface area contributed by atoms with Crippen LogP contribution in [-0.4, -0.2) is 4.57 Å². The first-order valence-corrected chi connectivity index (χ1v) is 16.5. The number of fused-ring (bicyclic) bond motifs is 3. The third-order valence-corrected chi connectivity index (χ3v) is 9.07. The van der Waals surface area contributed by atoms with Crippen molar-refractivity contribution in [3.05, 3.63) is 221 Å². The predicted octanol–water partition coefficient (Wildman–Crippen LogP) is 12.3. The van der Waals surface area contributed by atoms with E-state index in [2.05, 4.69) is 206 Å². The van der Waals surface area contributed by atoms with E-state index in [1.165, 1.54) is 71.9 Å². The minimum absolute atomic E-state index is 1.16. The highest BCUT2D eigenvalue weighted by atomic mass is 15.0. The van der Waals surface area contributed by atoms with Crippen LogP contribution in [0, 0.1) is 6.92 Å². The molecule has 0 radical (unpaired) electrons. The maximum Gasteiger partial charge on any atom is 0.0541 e. The lowest BCUT2D eigenvalue weighted by atomic mass is 9.94. The quantitative estimate of drug-likeness (QED) is 0.158. The van der Waals surface area contributed by atoms with E-state index >= 15 is 0 Å². The van der Waals surface area contributed by atoms with E-state index in [-0.39, 0.29) is 0 Å². The summed E-state index contributed by atoms with van der Waals surface area (Å²) in [7, 11) is 0. The van der Waals surface area contributed by atoms with Crippen molar-refractivity contribution in [1.29, 1.82) is 0 Å². The van der Waals surface area contributed by atoms with Crippen LogP contribution in [0.1, 0.15) is 38.9 Å². The minimum atomic E-state index is 1.16. The molecule has 0 atom stereocenters. The van der Waals surface area contributed by atoms with Gasteiger partial charge in [-0.25, -0.2) is 0 Å². The molecule has 1 heterocycles. The second-order valence-electron chi connectivity index (χ2n) is 12.3. The van der Waals surface area contributed by atoms with Crippen LogP contribution in [-0.2, 0) is 0 Å². The monoisotopic (exact) mass is 613 g/mol. The SMILES string of the molecule is Cc1ccc(-n2c3ccc(C=C(c4ccccc4)c4ccccc4)cc3c3cc(C=C(c4ccccc4)c4ccccc4)ccc32)cc1. The van der Waals surface area contributed by atoms with Gasteiger partial charge >= 0.3 is 0 Å². The molecule has 7 aromatic carbocycles. The summed E-state index contributed by atoms with van der Waals surface area (Å²) in [4.78, 5) is 0. The molecule has 1 aromatic heterocycles. The summed E-state index contributed by atoms with van der Waals surface area (Å²) in [5.41, 5.74) is 14.4. The molecule has 1 nitrogen and oxygen atoms in total. The summed E-state index contributed by atoms with van der Waals surface area (Å²) in [6.07, 6.45) is 4.65. The summed E-state index contributed by atoms with van der Waals surface area (Å²) < 4.78 is 2.40. The highest BCUT2D eigenvalue weighted by Crippen LogP contribution is 2.36. The molecule has 0 amide bonds. The molecule has 8 aromatic rings. The summed E-state index contributed by atoms with van der Waals surface area (Å²) in [6.45, 7) is 2.14. The van der Waals surface area contributed by atoms with Crippen molar-refractivity contribution in [3.63, 3.8) is 0 Å². The van der Waals surface area contributed by atoms with Crippen LogP contribution in [0.5, 0.6) is 0 Å². The lowest BCUT2D eigenvalue weighted by molar-refractivity contribution is 1.17. The van der Waals surface area contributed by atoms with Crippen molar-refractivity contribution in [2.75, 3.05) is 0 Å². The van der Waals surface area contributed by atoms with Crippen LogP contribution >= 0.6 is 0 Å². The largest absolute Gasteiger partial charge is 0.309 e. The van der Waals surface area contributed by atoms with Crippen LogP contribution in [0.4, 0.5) is 0 Å².